The quantitative estimate of drug-likeness (QED) is 0.698. The molecule has 2 rings (SSSR count). The van der Waals surface area contributed by atoms with Crippen molar-refractivity contribution in [3.8, 4) is 5.75 Å². The summed E-state index contributed by atoms with van der Waals surface area (Å²) in [6, 6.07) is 4.36. The summed E-state index contributed by atoms with van der Waals surface area (Å²) < 4.78 is 5.01. The number of carboxylic acid groups (broad SMARTS) is 1. The summed E-state index contributed by atoms with van der Waals surface area (Å²) in [6.45, 7) is 5.02. The Morgan fingerprint density at radius 2 is 1.96 bits per heavy atom. The molecule has 0 radical (unpaired) electrons. The number of carboxylic acids is 1. The second-order valence-corrected chi connectivity index (χ2v) is 5.56. The molecule has 0 fully saturated rings. The zero-order valence-electron chi connectivity index (χ0n) is 14.5. The molecule has 0 spiro atoms. The number of carbonyl (C=O) groups excluding carboxylic acids is 2. The molecule has 0 saturated carbocycles. The van der Waals surface area contributed by atoms with E-state index in [4.69, 9.17) is 4.74 Å². The average molecular weight is 344 g/mol. The number of methoxy groups -OCH3 is 1. The molecule has 0 atom stereocenters. The number of hydrogen-bond donors (Lipinski definition) is 3. The Balaban J connectivity index is 2.43. The van der Waals surface area contributed by atoms with Crippen LogP contribution in [-0.2, 0) is 6.42 Å². The number of anilines is 1. The SMILES string of the molecule is CCc1c(C(=O)Nc2ccc(OC)cc2C(=O)O)[nH]c(C)c1C(C)=O. The zero-order valence-corrected chi connectivity index (χ0v) is 14.5. The molecule has 0 unspecified atom stereocenters. The van der Waals surface area contributed by atoms with E-state index in [-0.39, 0.29) is 22.7 Å². The van der Waals surface area contributed by atoms with Crippen LogP contribution in [0.1, 0.15) is 56.3 Å². The highest BCUT2D eigenvalue weighted by Crippen LogP contribution is 2.25. The van der Waals surface area contributed by atoms with Gasteiger partial charge in [0.1, 0.15) is 11.4 Å². The van der Waals surface area contributed by atoms with E-state index in [0.29, 0.717) is 29.0 Å². The van der Waals surface area contributed by atoms with Crippen LogP contribution in [0.4, 0.5) is 5.69 Å². The lowest BCUT2D eigenvalue weighted by molar-refractivity contribution is 0.0697. The smallest absolute Gasteiger partial charge is 0.337 e. The van der Waals surface area contributed by atoms with Crippen molar-refractivity contribution in [1.29, 1.82) is 0 Å². The van der Waals surface area contributed by atoms with E-state index in [9.17, 15) is 19.5 Å². The molecule has 7 heteroatoms. The van der Waals surface area contributed by atoms with Crippen LogP contribution in [0.3, 0.4) is 0 Å². The lowest BCUT2D eigenvalue weighted by Crippen LogP contribution is -2.17. The highest BCUT2D eigenvalue weighted by molar-refractivity contribution is 6.10. The van der Waals surface area contributed by atoms with Crippen molar-refractivity contribution in [2.75, 3.05) is 12.4 Å². The van der Waals surface area contributed by atoms with Gasteiger partial charge in [-0.05, 0) is 44.0 Å². The van der Waals surface area contributed by atoms with Crippen molar-refractivity contribution in [2.24, 2.45) is 0 Å². The van der Waals surface area contributed by atoms with Gasteiger partial charge in [-0.15, -0.1) is 0 Å². The van der Waals surface area contributed by atoms with Gasteiger partial charge < -0.3 is 20.1 Å². The Morgan fingerprint density at radius 3 is 2.48 bits per heavy atom. The topological polar surface area (TPSA) is 108 Å². The molecule has 1 aromatic carbocycles. The van der Waals surface area contributed by atoms with Crippen molar-refractivity contribution >= 4 is 23.3 Å². The fourth-order valence-electron chi connectivity index (χ4n) is 2.82. The number of aromatic carboxylic acids is 1. The van der Waals surface area contributed by atoms with E-state index in [1.807, 2.05) is 6.92 Å². The number of aromatic amines is 1. The highest BCUT2D eigenvalue weighted by Gasteiger charge is 2.23. The number of hydrogen-bond acceptors (Lipinski definition) is 4. The number of ether oxygens (including phenoxy) is 1. The third-order valence-electron chi connectivity index (χ3n) is 3.93. The second kappa shape index (κ2) is 7.21. The maximum Gasteiger partial charge on any atom is 0.337 e. The number of amides is 1. The summed E-state index contributed by atoms with van der Waals surface area (Å²) in [4.78, 5) is 38.8. The molecule has 1 aromatic heterocycles. The van der Waals surface area contributed by atoms with Crippen LogP contribution in [0.25, 0.3) is 0 Å². The van der Waals surface area contributed by atoms with Crippen molar-refractivity contribution in [3.05, 3.63) is 46.3 Å². The third-order valence-corrected chi connectivity index (χ3v) is 3.93. The predicted molar refractivity (Wildman–Crippen MR) is 92.8 cm³/mol. The van der Waals surface area contributed by atoms with Crippen LogP contribution < -0.4 is 10.1 Å². The van der Waals surface area contributed by atoms with Gasteiger partial charge in [-0.25, -0.2) is 4.79 Å². The van der Waals surface area contributed by atoms with E-state index in [2.05, 4.69) is 10.3 Å². The Morgan fingerprint density at radius 1 is 1.28 bits per heavy atom. The number of carbonyl (C=O) groups is 3. The van der Waals surface area contributed by atoms with Gasteiger partial charge in [-0.3, -0.25) is 9.59 Å². The van der Waals surface area contributed by atoms with E-state index in [1.54, 1.807) is 13.0 Å². The van der Waals surface area contributed by atoms with Crippen LogP contribution in [-0.4, -0.2) is 34.9 Å². The average Bonchev–Trinajstić information content (AvgIpc) is 2.91. The molecule has 1 amide bonds. The molecule has 1 heterocycles. The first-order valence-electron chi connectivity index (χ1n) is 7.75. The molecular formula is C18H20N2O5. The predicted octanol–water partition coefficient (Wildman–Crippen LogP) is 3.05. The van der Waals surface area contributed by atoms with Gasteiger partial charge in [0.25, 0.3) is 5.91 Å². The minimum Gasteiger partial charge on any atom is -0.497 e. The van der Waals surface area contributed by atoms with Crippen molar-refractivity contribution in [1.82, 2.24) is 4.98 Å². The van der Waals surface area contributed by atoms with Crippen LogP contribution >= 0.6 is 0 Å². The fourth-order valence-corrected chi connectivity index (χ4v) is 2.82. The third kappa shape index (κ3) is 3.55. The number of H-pyrrole nitrogens is 1. The van der Waals surface area contributed by atoms with Crippen LogP contribution in [0.5, 0.6) is 5.75 Å². The Labute approximate surface area is 145 Å². The van der Waals surface area contributed by atoms with E-state index in [0.717, 1.165) is 0 Å². The van der Waals surface area contributed by atoms with Gasteiger partial charge in [0.2, 0.25) is 0 Å². The van der Waals surface area contributed by atoms with Crippen LogP contribution in [0, 0.1) is 6.92 Å². The molecule has 0 bridgehead atoms. The molecule has 2 aromatic rings. The van der Waals surface area contributed by atoms with Gasteiger partial charge >= 0.3 is 5.97 Å². The molecular weight excluding hydrogens is 324 g/mol. The maximum absolute atomic E-state index is 12.6. The molecule has 0 aliphatic heterocycles. The van der Waals surface area contributed by atoms with E-state index in [1.165, 1.54) is 26.2 Å². The molecule has 0 saturated heterocycles. The largest absolute Gasteiger partial charge is 0.497 e. The summed E-state index contributed by atoms with van der Waals surface area (Å²) in [5, 5.41) is 11.9. The lowest BCUT2D eigenvalue weighted by atomic mass is 10.0. The minimum atomic E-state index is -1.18. The summed E-state index contributed by atoms with van der Waals surface area (Å²) in [5.74, 6) is -1.43. The summed E-state index contributed by atoms with van der Waals surface area (Å²) >= 11 is 0. The number of benzene rings is 1. The van der Waals surface area contributed by atoms with Gasteiger partial charge in [0.15, 0.2) is 5.78 Å². The fraction of sp³-hybridized carbons (Fsp3) is 0.278. The number of nitrogens with one attached hydrogen (secondary N) is 2. The van der Waals surface area contributed by atoms with Crippen LogP contribution in [0.2, 0.25) is 0 Å². The molecule has 25 heavy (non-hydrogen) atoms. The molecule has 0 aliphatic carbocycles. The number of Topliss-reactive ketones (excluding diaryl/α,β-unsaturated/α-hetero) is 1. The van der Waals surface area contributed by atoms with E-state index < -0.39 is 11.9 Å². The van der Waals surface area contributed by atoms with Gasteiger partial charge in [-0.1, -0.05) is 6.92 Å². The lowest BCUT2D eigenvalue weighted by Gasteiger charge is -2.10. The monoisotopic (exact) mass is 344 g/mol. The summed E-state index contributed by atoms with van der Waals surface area (Å²) in [6.07, 6.45) is 0.496. The summed E-state index contributed by atoms with van der Waals surface area (Å²) in [7, 11) is 1.43. The highest BCUT2D eigenvalue weighted by atomic mass is 16.5. The van der Waals surface area contributed by atoms with E-state index >= 15 is 0 Å². The standard InChI is InChI=1S/C18H20N2O5/c1-5-12-15(10(3)21)9(2)19-16(12)17(22)20-14-7-6-11(25-4)8-13(14)18(23)24/h6-8,19H,5H2,1-4H3,(H,20,22)(H,23,24). The van der Waals surface area contributed by atoms with Crippen molar-refractivity contribution in [3.63, 3.8) is 0 Å². The first-order valence-corrected chi connectivity index (χ1v) is 7.75. The molecule has 7 nitrogen and oxygen atoms in total. The number of aromatic nitrogens is 1. The normalized spacial score (nSPS) is 10.4. The number of aryl methyl sites for hydroxylation is 1. The molecule has 0 aliphatic rings. The summed E-state index contributed by atoms with van der Waals surface area (Å²) in [5.41, 5.74) is 2.06. The minimum absolute atomic E-state index is 0.0826. The van der Waals surface area contributed by atoms with Crippen molar-refractivity contribution < 1.29 is 24.2 Å². The second-order valence-electron chi connectivity index (χ2n) is 5.56. The van der Waals surface area contributed by atoms with Crippen LogP contribution in [0.15, 0.2) is 18.2 Å². The number of ketones is 1. The number of rotatable bonds is 6. The van der Waals surface area contributed by atoms with Gasteiger partial charge in [0.05, 0.1) is 18.4 Å². The van der Waals surface area contributed by atoms with Gasteiger partial charge in [-0.2, -0.15) is 0 Å². The Kier molecular flexibility index (Phi) is 5.26. The van der Waals surface area contributed by atoms with Crippen molar-refractivity contribution in [2.45, 2.75) is 27.2 Å². The molecule has 132 valence electrons. The first kappa shape index (κ1) is 18.3. The first-order chi connectivity index (χ1) is 11.8. The maximum atomic E-state index is 12.6. The van der Waals surface area contributed by atoms with Gasteiger partial charge in [0, 0.05) is 11.3 Å². The Hall–Kier alpha value is -3.09. The molecule has 3 N–H and O–H groups in total. The zero-order chi connectivity index (χ0) is 18.7. The Bertz CT molecular complexity index is 851.